The number of carbonyl (C=O) groups excluding carboxylic acids is 1. The molecule has 1 heterocycles. The number of nitrogens with zero attached hydrogens (tertiary/aromatic N) is 2. The Morgan fingerprint density at radius 1 is 1.64 bits per heavy atom. The summed E-state index contributed by atoms with van der Waals surface area (Å²) in [6.07, 6.45) is 2.96. The van der Waals surface area contributed by atoms with Gasteiger partial charge in [-0.05, 0) is 0 Å². The van der Waals surface area contributed by atoms with E-state index in [9.17, 15) is 9.59 Å². The summed E-state index contributed by atoms with van der Waals surface area (Å²) in [7, 11) is 1.70. The molecule has 0 fully saturated rings. The summed E-state index contributed by atoms with van der Waals surface area (Å²) >= 11 is 0. The maximum Gasteiger partial charge on any atom is 0.306 e. The second-order valence-corrected chi connectivity index (χ2v) is 3.26. The molecule has 5 heteroatoms. The van der Waals surface area contributed by atoms with E-state index in [0.29, 0.717) is 5.69 Å². The van der Waals surface area contributed by atoms with Crippen LogP contribution in [0, 0.1) is 5.92 Å². The first kappa shape index (κ1) is 10.4. The van der Waals surface area contributed by atoms with Crippen molar-refractivity contribution in [2.24, 2.45) is 13.0 Å². The molecule has 14 heavy (non-hydrogen) atoms. The first-order valence-corrected chi connectivity index (χ1v) is 4.24. The highest BCUT2D eigenvalue weighted by atomic mass is 16.4. The monoisotopic (exact) mass is 196 g/mol. The van der Waals surface area contributed by atoms with Crippen molar-refractivity contribution >= 4 is 11.8 Å². The van der Waals surface area contributed by atoms with Crippen molar-refractivity contribution in [3.8, 4) is 0 Å². The summed E-state index contributed by atoms with van der Waals surface area (Å²) in [4.78, 5) is 25.8. The molecule has 0 saturated carbocycles. The minimum Gasteiger partial charge on any atom is -0.481 e. The SMILES string of the molecule is CC(CC(=O)c1cncn1C)C(=O)O. The molecule has 76 valence electrons. The van der Waals surface area contributed by atoms with Gasteiger partial charge in [0.1, 0.15) is 5.69 Å². The number of aromatic nitrogens is 2. The smallest absolute Gasteiger partial charge is 0.306 e. The minimum absolute atomic E-state index is 0.00880. The number of hydrogen-bond donors (Lipinski definition) is 1. The molecular formula is C9H12N2O3. The molecule has 1 aromatic rings. The molecule has 0 bridgehead atoms. The number of carboxylic acids is 1. The molecule has 0 aliphatic carbocycles. The van der Waals surface area contributed by atoms with Crippen molar-refractivity contribution in [3.63, 3.8) is 0 Å². The molecular weight excluding hydrogens is 184 g/mol. The molecule has 0 spiro atoms. The van der Waals surface area contributed by atoms with Crippen LogP contribution in [0.5, 0.6) is 0 Å². The Labute approximate surface area is 81.4 Å². The van der Waals surface area contributed by atoms with Gasteiger partial charge in [-0.3, -0.25) is 9.59 Å². The van der Waals surface area contributed by atoms with Crippen LogP contribution >= 0.6 is 0 Å². The maximum absolute atomic E-state index is 11.5. The van der Waals surface area contributed by atoms with Crippen LogP contribution in [-0.4, -0.2) is 26.4 Å². The molecule has 1 N–H and O–H groups in total. The molecule has 5 nitrogen and oxygen atoms in total. The van der Waals surface area contributed by atoms with E-state index in [1.54, 1.807) is 11.6 Å². The first-order valence-electron chi connectivity index (χ1n) is 4.24. The average Bonchev–Trinajstić information content (AvgIpc) is 2.51. The summed E-state index contributed by atoms with van der Waals surface area (Å²) in [5.41, 5.74) is 0.443. The topological polar surface area (TPSA) is 72.2 Å². The third kappa shape index (κ3) is 2.18. The van der Waals surface area contributed by atoms with Crippen molar-refractivity contribution in [1.29, 1.82) is 0 Å². The highest BCUT2D eigenvalue weighted by Crippen LogP contribution is 2.08. The number of rotatable bonds is 4. The second-order valence-electron chi connectivity index (χ2n) is 3.26. The molecule has 1 unspecified atom stereocenters. The van der Waals surface area contributed by atoms with Crippen LogP contribution in [0.2, 0.25) is 0 Å². The zero-order chi connectivity index (χ0) is 10.7. The summed E-state index contributed by atoms with van der Waals surface area (Å²) in [5.74, 6) is -1.81. The first-order chi connectivity index (χ1) is 6.52. The Kier molecular flexibility index (Phi) is 3.01. The van der Waals surface area contributed by atoms with Gasteiger partial charge in [-0.1, -0.05) is 6.92 Å². The number of carbonyl (C=O) groups is 2. The average molecular weight is 196 g/mol. The van der Waals surface area contributed by atoms with Gasteiger partial charge in [0, 0.05) is 13.5 Å². The summed E-state index contributed by atoms with van der Waals surface area (Å²) < 4.78 is 1.58. The molecule has 0 aliphatic rings. The van der Waals surface area contributed by atoms with E-state index in [-0.39, 0.29) is 12.2 Å². The van der Waals surface area contributed by atoms with E-state index >= 15 is 0 Å². The van der Waals surface area contributed by atoms with Crippen LogP contribution in [0.25, 0.3) is 0 Å². The lowest BCUT2D eigenvalue weighted by Gasteiger charge is -2.04. The molecule has 1 aromatic heterocycles. The van der Waals surface area contributed by atoms with E-state index in [4.69, 9.17) is 5.11 Å². The number of hydrogen-bond acceptors (Lipinski definition) is 3. The number of imidazole rings is 1. The van der Waals surface area contributed by atoms with Gasteiger partial charge in [0.2, 0.25) is 0 Å². The minimum atomic E-state index is -0.958. The van der Waals surface area contributed by atoms with Gasteiger partial charge in [-0.15, -0.1) is 0 Å². The van der Waals surface area contributed by atoms with Crippen LogP contribution in [0.1, 0.15) is 23.8 Å². The molecule has 0 aromatic carbocycles. The second kappa shape index (κ2) is 4.04. The predicted molar refractivity (Wildman–Crippen MR) is 49.0 cm³/mol. The fraction of sp³-hybridized carbons (Fsp3) is 0.444. The molecule has 0 radical (unpaired) electrons. The summed E-state index contributed by atoms with van der Waals surface area (Å²) in [6.45, 7) is 1.51. The van der Waals surface area contributed by atoms with Crippen molar-refractivity contribution in [3.05, 3.63) is 18.2 Å². The van der Waals surface area contributed by atoms with Crippen LogP contribution < -0.4 is 0 Å². The third-order valence-electron chi connectivity index (χ3n) is 2.02. The van der Waals surface area contributed by atoms with Gasteiger partial charge in [0.05, 0.1) is 18.4 Å². The van der Waals surface area contributed by atoms with E-state index in [1.165, 1.54) is 19.4 Å². The molecule has 0 saturated heterocycles. The molecule has 1 atom stereocenters. The zero-order valence-electron chi connectivity index (χ0n) is 8.10. The lowest BCUT2D eigenvalue weighted by Crippen LogP contribution is -2.16. The van der Waals surface area contributed by atoms with E-state index in [0.717, 1.165) is 0 Å². The highest BCUT2D eigenvalue weighted by molar-refractivity contribution is 5.96. The number of aryl methyl sites for hydroxylation is 1. The van der Waals surface area contributed by atoms with Gasteiger partial charge < -0.3 is 9.67 Å². The van der Waals surface area contributed by atoms with Gasteiger partial charge in [-0.25, -0.2) is 4.98 Å². The lowest BCUT2D eigenvalue weighted by molar-refractivity contribution is -0.141. The fourth-order valence-corrected chi connectivity index (χ4v) is 1.10. The number of aliphatic carboxylic acids is 1. The van der Waals surface area contributed by atoms with E-state index in [2.05, 4.69) is 4.98 Å². The Morgan fingerprint density at radius 2 is 2.29 bits per heavy atom. The predicted octanol–water partition coefficient (Wildman–Crippen LogP) is 0.714. The zero-order valence-corrected chi connectivity index (χ0v) is 8.10. The lowest BCUT2D eigenvalue weighted by atomic mass is 10.0. The normalized spacial score (nSPS) is 12.4. The highest BCUT2D eigenvalue weighted by Gasteiger charge is 2.18. The Bertz CT molecular complexity index is 357. The Morgan fingerprint density at radius 3 is 2.71 bits per heavy atom. The van der Waals surface area contributed by atoms with Crippen molar-refractivity contribution in [2.75, 3.05) is 0 Å². The van der Waals surface area contributed by atoms with Gasteiger partial charge in [0.25, 0.3) is 0 Å². The van der Waals surface area contributed by atoms with Gasteiger partial charge in [0.15, 0.2) is 5.78 Å². The van der Waals surface area contributed by atoms with Gasteiger partial charge >= 0.3 is 5.97 Å². The Hall–Kier alpha value is -1.65. The quantitative estimate of drug-likeness (QED) is 0.720. The Balaban J connectivity index is 2.69. The van der Waals surface area contributed by atoms with Crippen LogP contribution in [0.4, 0.5) is 0 Å². The summed E-state index contributed by atoms with van der Waals surface area (Å²) in [5, 5.41) is 8.62. The molecule has 0 aliphatic heterocycles. The van der Waals surface area contributed by atoms with Crippen molar-refractivity contribution in [1.82, 2.24) is 9.55 Å². The molecule has 1 rings (SSSR count). The van der Waals surface area contributed by atoms with Crippen LogP contribution in [0.3, 0.4) is 0 Å². The standard InChI is InChI=1S/C9H12N2O3/c1-6(9(13)14)3-8(12)7-4-10-5-11(7)2/h4-6H,3H2,1-2H3,(H,13,14). The number of Topliss-reactive ketones (excluding diaryl/α,β-unsaturated/α-hetero) is 1. The largest absolute Gasteiger partial charge is 0.481 e. The number of carboxylic acid groups (broad SMARTS) is 1. The van der Waals surface area contributed by atoms with E-state index in [1.807, 2.05) is 0 Å². The summed E-state index contributed by atoms with van der Waals surface area (Å²) in [6, 6.07) is 0. The van der Waals surface area contributed by atoms with Gasteiger partial charge in [-0.2, -0.15) is 0 Å². The van der Waals surface area contributed by atoms with Crippen molar-refractivity contribution in [2.45, 2.75) is 13.3 Å². The third-order valence-corrected chi connectivity index (χ3v) is 2.02. The van der Waals surface area contributed by atoms with Crippen LogP contribution in [-0.2, 0) is 11.8 Å². The molecule has 0 amide bonds. The maximum atomic E-state index is 11.5. The fourth-order valence-electron chi connectivity index (χ4n) is 1.10. The number of ketones is 1. The van der Waals surface area contributed by atoms with E-state index < -0.39 is 11.9 Å². The van der Waals surface area contributed by atoms with Crippen LogP contribution in [0.15, 0.2) is 12.5 Å². The van der Waals surface area contributed by atoms with Crippen molar-refractivity contribution < 1.29 is 14.7 Å².